The highest BCUT2D eigenvalue weighted by molar-refractivity contribution is 5.78. The third-order valence-corrected chi connectivity index (χ3v) is 2.72. The predicted octanol–water partition coefficient (Wildman–Crippen LogP) is 1.64. The van der Waals surface area contributed by atoms with E-state index in [-0.39, 0.29) is 0 Å². The van der Waals surface area contributed by atoms with Gasteiger partial charge in [-0.2, -0.15) is 0 Å². The monoisotopic (exact) mass is 205 g/mol. The highest BCUT2D eigenvalue weighted by Gasteiger charge is 2.13. The van der Waals surface area contributed by atoms with Gasteiger partial charge in [-0.3, -0.25) is 4.79 Å². The van der Waals surface area contributed by atoms with Crippen molar-refractivity contribution in [1.29, 1.82) is 0 Å². The van der Waals surface area contributed by atoms with E-state index in [0.717, 1.165) is 43.8 Å². The van der Waals surface area contributed by atoms with E-state index in [2.05, 4.69) is 11.8 Å². The fraction of sp³-hybridized carbons (Fsp3) is 0.417. The van der Waals surface area contributed by atoms with Crippen molar-refractivity contribution < 1.29 is 9.53 Å². The Bertz CT molecular complexity index is 357. The molecule has 0 aliphatic carbocycles. The molecule has 2 rings (SSSR count). The van der Waals surface area contributed by atoms with E-state index in [0.29, 0.717) is 0 Å². The Labute approximate surface area is 89.7 Å². The zero-order valence-electron chi connectivity index (χ0n) is 8.90. The molecule has 0 N–H and O–H groups in total. The summed E-state index contributed by atoms with van der Waals surface area (Å²) in [6, 6.07) is 5.80. The first-order chi connectivity index (χ1) is 7.31. The lowest BCUT2D eigenvalue weighted by molar-refractivity contribution is 0.112. The van der Waals surface area contributed by atoms with Crippen molar-refractivity contribution >= 4 is 12.0 Å². The van der Waals surface area contributed by atoms with Crippen LogP contribution in [0.4, 0.5) is 5.69 Å². The third kappa shape index (κ3) is 2.18. The van der Waals surface area contributed by atoms with Gasteiger partial charge in [0.2, 0.25) is 0 Å². The van der Waals surface area contributed by atoms with Gasteiger partial charge in [-0.1, -0.05) is 12.1 Å². The lowest BCUT2D eigenvalue weighted by atomic mass is 10.1. The summed E-state index contributed by atoms with van der Waals surface area (Å²) in [5, 5.41) is 0. The molecule has 0 aromatic heterocycles. The molecule has 3 heteroatoms. The molecule has 1 saturated heterocycles. The average Bonchev–Trinajstić information content (AvgIpc) is 2.31. The van der Waals surface area contributed by atoms with E-state index in [9.17, 15) is 4.79 Å². The number of anilines is 1. The van der Waals surface area contributed by atoms with Crippen molar-refractivity contribution in [2.45, 2.75) is 6.92 Å². The highest BCUT2D eigenvalue weighted by Crippen LogP contribution is 2.21. The van der Waals surface area contributed by atoms with Crippen LogP contribution >= 0.6 is 0 Å². The standard InChI is InChI=1S/C12H15NO2/c1-10-2-3-11(9-14)8-12(10)13-4-6-15-7-5-13/h2-3,8-9H,4-7H2,1H3. The fourth-order valence-corrected chi connectivity index (χ4v) is 1.84. The molecule has 0 bridgehead atoms. The quantitative estimate of drug-likeness (QED) is 0.687. The largest absolute Gasteiger partial charge is 0.378 e. The van der Waals surface area contributed by atoms with Crippen LogP contribution in [0.2, 0.25) is 0 Å². The maximum atomic E-state index is 10.7. The Morgan fingerprint density at radius 2 is 2.07 bits per heavy atom. The van der Waals surface area contributed by atoms with Crippen LogP contribution < -0.4 is 4.90 Å². The van der Waals surface area contributed by atoms with Gasteiger partial charge in [-0.05, 0) is 18.6 Å². The molecule has 1 heterocycles. The summed E-state index contributed by atoms with van der Waals surface area (Å²) in [5.74, 6) is 0. The van der Waals surface area contributed by atoms with Crippen molar-refractivity contribution in [3.63, 3.8) is 0 Å². The number of carbonyl (C=O) groups excluding carboxylic acids is 1. The fourth-order valence-electron chi connectivity index (χ4n) is 1.84. The number of aldehydes is 1. The molecule has 0 amide bonds. The van der Waals surface area contributed by atoms with E-state index >= 15 is 0 Å². The number of benzene rings is 1. The molecule has 1 aliphatic rings. The molecule has 1 aromatic rings. The molecule has 0 spiro atoms. The van der Waals surface area contributed by atoms with Gasteiger partial charge in [-0.25, -0.2) is 0 Å². The normalized spacial score (nSPS) is 16.5. The van der Waals surface area contributed by atoms with Gasteiger partial charge >= 0.3 is 0 Å². The van der Waals surface area contributed by atoms with E-state index in [1.807, 2.05) is 18.2 Å². The first-order valence-electron chi connectivity index (χ1n) is 5.20. The third-order valence-electron chi connectivity index (χ3n) is 2.72. The second kappa shape index (κ2) is 4.45. The number of hydrogen-bond acceptors (Lipinski definition) is 3. The van der Waals surface area contributed by atoms with E-state index in [1.165, 1.54) is 5.56 Å². The Hall–Kier alpha value is -1.35. The van der Waals surface area contributed by atoms with Gasteiger partial charge in [0.15, 0.2) is 0 Å². The maximum absolute atomic E-state index is 10.7. The topological polar surface area (TPSA) is 29.5 Å². The smallest absolute Gasteiger partial charge is 0.150 e. The van der Waals surface area contributed by atoms with Crippen molar-refractivity contribution in [3.8, 4) is 0 Å². The average molecular weight is 205 g/mol. The Morgan fingerprint density at radius 3 is 2.73 bits per heavy atom. The van der Waals surface area contributed by atoms with Crippen molar-refractivity contribution in [2.24, 2.45) is 0 Å². The summed E-state index contributed by atoms with van der Waals surface area (Å²) in [4.78, 5) is 13.0. The van der Waals surface area contributed by atoms with Crippen molar-refractivity contribution in [3.05, 3.63) is 29.3 Å². The minimum absolute atomic E-state index is 0.738. The van der Waals surface area contributed by atoms with E-state index in [4.69, 9.17) is 4.74 Å². The Balaban J connectivity index is 2.28. The Kier molecular flexibility index (Phi) is 3.02. The van der Waals surface area contributed by atoms with Gasteiger partial charge in [0.05, 0.1) is 13.2 Å². The summed E-state index contributed by atoms with van der Waals surface area (Å²) in [5.41, 5.74) is 3.10. The van der Waals surface area contributed by atoms with Gasteiger partial charge in [0, 0.05) is 24.3 Å². The summed E-state index contributed by atoms with van der Waals surface area (Å²) in [6.07, 6.45) is 0.892. The van der Waals surface area contributed by atoms with Gasteiger partial charge < -0.3 is 9.64 Å². The van der Waals surface area contributed by atoms with Crippen LogP contribution in [0, 0.1) is 6.92 Å². The zero-order chi connectivity index (χ0) is 10.7. The molecule has 0 unspecified atom stereocenters. The van der Waals surface area contributed by atoms with Crippen LogP contribution in [-0.4, -0.2) is 32.6 Å². The molecule has 0 radical (unpaired) electrons. The lowest BCUT2D eigenvalue weighted by Crippen LogP contribution is -2.36. The first-order valence-corrected chi connectivity index (χ1v) is 5.20. The van der Waals surface area contributed by atoms with Crippen LogP contribution in [0.25, 0.3) is 0 Å². The number of ether oxygens (including phenoxy) is 1. The molecule has 80 valence electrons. The molecular weight excluding hydrogens is 190 g/mol. The van der Waals surface area contributed by atoms with Crippen LogP contribution in [0.3, 0.4) is 0 Å². The van der Waals surface area contributed by atoms with Crippen LogP contribution in [0.1, 0.15) is 15.9 Å². The number of hydrogen-bond donors (Lipinski definition) is 0. The van der Waals surface area contributed by atoms with Gasteiger partial charge in [0.1, 0.15) is 6.29 Å². The molecule has 0 atom stereocenters. The number of aryl methyl sites for hydroxylation is 1. The van der Waals surface area contributed by atoms with Crippen molar-refractivity contribution in [2.75, 3.05) is 31.2 Å². The van der Waals surface area contributed by atoms with Gasteiger partial charge in [-0.15, -0.1) is 0 Å². The number of carbonyl (C=O) groups is 1. The molecular formula is C12H15NO2. The van der Waals surface area contributed by atoms with Gasteiger partial charge in [0.25, 0.3) is 0 Å². The minimum Gasteiger partial charge on any atom is -0.378 e. The van der Waals surface area contributed by atoms with Crippen molar-refractivity contribution in [1.82, 2.24) is 0 Å². The number of morpholine rings is 1. The molecule has 0 saturated carbocycles. The summed E-state index contributed by atoms with van der Waals surface area (Å²) >= 11 is 0. The molecule has 1 fully saturated rings. The zero-order valence-corrected chi connectivity index (χ0v) is 8.90. The first kappa shape index (κ1) is 10.2. The molecule has 1 aliphatic heterocycles. The predicted molar refractivity (Wildman–Crippen MR) is 59.6 cm³/mol. The highest BCUT2D eigenvalue weighted by atomic mass is 16.5. The van der Waals surface area contributed by atoms with Crippen LogP contribution in [-0.2, 0) is 4.74 Å². The molecule has 1 aromatic carbocycles. The second-order valence-corrected chi connectivity index (χ2v) is 3.76. The Morgan fingerprint density at radius 1 is 1.33 bits per heavy atom. The van der Waals surface area contributed by atoms with Crippen LogP contribution in [0.15, 0.2) is 18.2 Å². The maximum Gasteiger partial charge on any atom is 0.150 e. The summed E-state index contributed by atoms with van der Waals surface area (Å²) in [6.45, 7) is 5.42. The number of nitrogens with zero attached hydrogens (tertiary/aromatic N) is 1. The van der Waals surface area contributed by atoms with E-state index in [1.54, 1.807) is 0 Å². The molecule has 15 heavy (non-hydrogen) atoms. The summed E-state index contributed by atoms with van der Waals surface area (Å²) < 4.78 is 5.31. The van der Waals surface area contributed by atoms with Crippen LogP contribution in [0.5, 0.6) is 0 Å². The second-order valence-electron chi connectivity index (χ2n) is 3.76. The molecule has 3 nitrogen and oxygen atoms in total. The minimum atomic E-state index is 0.738. The van der Waals surface area contributed by atoms with E-state index < -0.39 is 0 Å². The lowest BCUT2D eigenvalue weighted by Gasteiger charge is -2.30. The SMILES string of the molecule is Cc1ccc(C=O)cc1N1CCOCC1. The number of rotatable bonds is 2. The summed E-state index contributed by atoms with van der Waals surface area (Å²) in [7, 11) is 0.